The van der Waals surface area contributed by atoms with E-state index in [1.54, 1.807) is 49.6 Å². The van der Waals surface area contributed by atoms with E-state index in [4.69, 9.17) is 9.47 Å². The van der Waals surface area contributed by atoms with Crippen molar-refractivity contribution in [2.45, 2.75) is 19.5 Å². The second kappa shape index (κ2) is 10.2. The molecular formula is C27H24N2O6. The number of carbonyl (C=O) groups is 4. The van der Waals surface area contributed by atoms with E-state index in [2.05, 4.69) is 5.32 Å². The summed E-state index contributed by atoms with van der Waals surface area (Å²) in [5.74, 6) is -1.14. The number of carbonyl (C=O) groups excluding carboxylic acids is 4. The molecule has 1 N–H and O–H groups in total. The summed E-state index contributed by atoms with van der Waals surface area (Å²) in [6.07, 6.45) is 0. The average molecular weight is 472 g/mol. The number of imide groups is 1. The van der Waals surface area contributed by atoms with Gasteiger partial charge in [-0.25, -0.2) is 4.79 Å². The minimum absolute atomic E-state index is 0.0882. The van der Waals surface area contributed by atoms with Gasteiger partial charge >= 0.3 is 5.97 Å². The zero-order valence-electron chi connectivity index (χ0n) is 19.3. The van der Waals surface area contributed by atoms with Crippen molar-refractivity contribution in [2.24, 2.45) is 0 Å². The van der Waals surface area contributed by atoms with Crippen molar-refractivity contribution >= 4 is 23.7 Å². The lowest BCUT2D eigenvalue weighted by Crippen LogP contribution is -2.31. The van der Waals surface area contributed by atoms with Crippen molar-refractivity contribution in [3.63, 3.8) is 0 Å². The Morgan fingerprint density at radius 3 is 2.11 bits per heavy atom. The van der Waals surface area contributed by atoms with Gasteiger partial charge in [-0.15, -0.1) is 0 Å². The van der Waals surface area contributed by atoms with E-state index in [0.29, 0.717) is 22.4 Å². The van der Waals surface area contributed by atoms with Crippen molar-refractivity contribution in [1.29, 1.82) is 0 Å². The van der Waals surface area contributed by atoms with Crippen LogP contribution in [0.15, 0.2) is 72.8 Å². The summed E-state index contributed by atoms with van der Waals surface area (Å²) in [5.41, 5.74) is 2.51. The lowest BCUT2D eigenvalue weighted by Gasteiger charge is -2.17. The molecule has 0 saturated heterocycles. The van der Waals surface area contributed by atoms with E-state index in [0.717, 1.165) is 5.56 Å². The third-order valence-corrected chi connectivity index (χ3v) is 5.73. The Balaban J connectivity index is 1.30. The molecule has 8 nitrogen and oxygen atoms in total. The third kappa shape index (κ3) is 5.06. The monoisotopic (exact) mass is 472 g/mol. The van der Waals surface area contributed by atoms with E-state index >= 15 is 0 Å². The molecule has 0 radical (unpaired) electrons. The summed E-state index contributed by atoms with van der Waals surface area (Å²) < 4.78 is 10.4. The molecule has 35 heavy (non-hydrogen) atoms. The van der Waals surface area contributed by atoms with E-state index in [1.807, 2.05) is 25.1 Å². The molecule has 0 saturated carbocycles. The van der Waals surface area contributed by atoms with Gasteiger partial charge in [0.25, 0.3) is 17.7 Å². The van der Waals surface area contributed by atoms with Crippen LogP contribution < -0.4 is 10.1 Å². The number of nitrogens with one attached hydrogen (secondary N) is 1. The molecule has 1 unspecified atom stereocenters. The first kappa shape index (κ1) is 23.7. The van der Waals surface area contributed by atoms with Crippen molar-refractivity contribution in [1.82, 2.24) is 10.2 Å². The van der Waals surface area contributed by atoms with Gasteiger partial charge in [0.1, 0.15) is 5.75 Å². The molecular weight excluding hydrogens is 448 g/mol. The third-order valence-electron chi connectivity index (χ3n) is 5.73. The van der Waals surface area contributed by atoms with Crippen LogP contribution in [0.1, 0.15) is 55.2 Å². The van der Waals surface area contributed by atoms with Crippen molar-refractivity contribution in [3.05, 3.63) is 101 Å². The lowest BCUT2D eigenvalue weighted by atomic mass is 10.1. The number of methoxy groups -OCH3 is 1. The molecule has 1 aliphatic rings. The molecule has 0 fully saturated rings. The maximum absolute atomic E-state index is 12.5. The minimum atomic E-state index is -0.655. The van der Waals surface area contributed by atoms with Gasteiger partial charge in [-0.2, -0.15) is 0 Å². The van der Waals surface area contributed by atoms with Gasteiger partial charge in [0.2, 0.25) is 0 Å². The van der Waals surface area contributed by atoms with Crippen LogP contribution in [0.3, 0.4) is 0 Å². The Bertz CT molecular complexity index is 1250. The Kier molecular flexibility index (Phi) is 6.91. The zero-order chi connectivity index (χ0) is 24.9. The Morgan fingerprint density at radius 2 is 1.49 bits per heavy atom. The lowest BCUT2D eigenvalue weighted by molar-refractivity contribution is -0.124. The van der Waals surface area contributed by atoms with Gasteiger partial charge in [0.15, 0.2) is 6.61 Å². The molecule has 178 valence electrons. The number of para-hydroxylation sites is 1. The fourth-order valence-electron chi connectivity index (χ4n) is 3.91. The number of benzene rings is 3. The highest BCUT2D eigenvalue weighted by molar-refractivity contribution is 6.21. The fraction of sp³-hybridized carbons (Fsp3) is 0.185. The second-order valence-corrected chi connectivity index (χ2v) is 8.05. The van der Waals surface area contributed by atoms with Crippen LogP contribution in [0, 0.1) is 0 Å². The van der Waals surface area contributed by atoms with Gasteiger partial charge in [0, 0.05) is 5.56 Å². The molecule has 0 spiro atoms. The number of ether oxygens (including phenoxy) is 2. The Hall–Kier alpha value is -4.46. The topological polar surface area (TPSA) is 102 Å². The van der Waals surface area contributed by atoms with Crippen molar-refractivity contribution in [3.8, 4) is 5.75 Å². The molecule has 1 atom stereocenters. The van der Waals surface area contributed by atoms with Crippen LogP contribution in [0.5, 0.6) is 5.75 Å². The summed E-state index contributed by atoms with van der Waals surface area (Å²) in [6.45, 7) is 1.46. The van der Waals surface area contributed by atoms with Gasteiger partial charge < -0.3 is 14.8 Å². The Morgan fingerprint density at radius 1 is 0.886 bits per heavy atom. The van der Waals surface area contributed by atoms with Crippen molar-refractivity contribution < 1.29 is 28.7 Å². The normalized spacial score (nSPS) is 13.3. The summed E-state index contributed by atoms with van der Waals surface area (Å²) in [7, 11) is 1.56. The average Bonchev–Trinajstić information content (AvgIpc) is 3.12. The minimum Gasteiger partial charge on any atom is -0.496 e. The predicted octanol–water partition coefficient (Wildman–Crippen LogP) is 3.53. The maximum atomic E-state index is 12.5. The first-order valence-corrected chi connectivity index (χ1v) is 11.0. The smallest absolute Gasteiger partial charge is 0.338 e. The number of nitrogens with zero attached hydrogens (tertiary/aromatic N) is 1. The quantitative estimate of drug-likeness (QED) is 0.398. The fourth-order valence-corrected chi connectivity index (χ4v) is 3.91. The van der Waals surface area contributed by atoms with E-state index < -0.39 is 18.5 Å². The van der Waals surface area contributed by atoms with Gasteiger partial charge in [0.05, 0.1) is 36.4 Å². The van der Waals surface area contributed by atoms with E-state index in [-0.39, 0.29) is 30.0 Å². The number of esters is 1. The number of fused-ring (bicyclic) bond motifs is 1. The first-order chi connectivity index (χ1) is 16.9. The summed E-state index contributed by atoms with van der Waals surface area (Å²) in [4.78, 5) is 50.9. The molecule has 8 heteroatoms. The molecule has 3 aromatic carbocycles. The molecule has 0 aromatic heterocycles. The molecule has 3 amide bonds. The van der Waals surface area contributed by atoms with Crippen LogP contribution >= 0.6 is 0 Å². The van der Waals surface area contributed by atoms with E-state index in [1.165, 1.54) is 17.0 Å². The second-order valence-electron chi connectivity index (χ2n) is 8.05. The number of hydrogen-bond donors (Lipinski definition) is 1. The number of rotatable bonds is 8. The number of amides is 3. The van der Waals surface area contributed by atoms with Crippen molar-refractivity contribution in [2.75, 3.05) is 13.7 Å². The zero-order valence-corrected chi connectivity index (χ0v) is 19.3. The van der Waals surface area contributed by atoms with Crippen LogP contribution in [0.25, 0.3) is 0 Å². The van der Waals surface area contributed by atoms with Gasteiger partial charge in [-0.3, -0.25) is 19.3 Å². The highest BCUT2D eigenvalue weighted by Crippen LogP contribution is 2.25. The largest absolute Gasteiger partial charge is 0.496 e. The summed E-state index contributed by atoms with van der Waals surface area (Å²) in [5, 5.41) is 2.78. The van der Waals surface area contributed by atoms with Crippen LogP contribution in [0.4, 0.5) is 0 Å². The van der Waals surface area contributed by atoms with Crippen LogP contribution in [-0.2, 0) is 16.1 Å². The standard InChI is InChI=1S/C27H24N2O6/c1-17(20-7-5-6-10-23(20)34-2)28-24(30)16-35-27(33)19-13-11-18(12-14-19)15-29-25(31)21-8-3-4-9-22(21)26(29)32/h3-14,17H,15-16H2,1-2H3,(H,28,30). The summed E-state index contributed by atoms with van der Waals surface area (Å²) in [6, 6.07) is 20.0. The molecule has 1 aliphatic heterocycles. The molecule has 4 rings (SSSR count). The number of hydrogen-bond acceptors (Lipinski definition) is 6. The SMILES string of the molecule is COc1ccccc1C(C)NC(=O)COC(=O)c1ccc(CN2C(=O)c3ccccc3C2=O)cc1. The molecule has 0 aliphatic carbocycles. The van der Waals surface area contributed by atoms with E-state index in [9.17, 15) is 19.2 Å². The maximum Gasteiger partial charge on any atom is 0.338 e. The summed E-state index contributed by atoms with van der Waals surface area (Å²) >= 11 is 0. The van der Waals surface area contributed by atoms with Crippen LogP contribution in [0.2, 0.25) is 0 Å². The Labute approximate surface area is 202 Å². The predicted molar refractivity (Wildman–Crippen MR) is 127 cm³/mol. The molecule has 0 bridgehead atoms. The van der Waals surface area contributed by atoms with Gasteiger partial charge in [-0.05, 0) is 42.8 Å². The highest BCUT2D eigenvalue weighted by atomic mass is 16.5. The molecule has 3 aromatic rings. The highest BCUT2D eigenvalue weighted by Gasteiger charge is 2.34. The first-order valence-electron chi connectivity index (χ1n) is 11.0. The van der Waals surface area contributed by atoms with Crippen LogP contribution in [-0.4, -0.2) is 42.3 Å². The molecule has 1 heterocycles. The van der Waals surface area contributed by atoms with Gasteiger partial charge in [-0.1, -0.05) is 42.5 Å².